The highest BCUT2D eigenvalue weighted by Gasteiger charge is 2.20. The van der Waals surface area contributed by atoms with Crippen LogP contribution in [0.25, 0.3) is 0 Å². The van der Waals surface area contributed by atoms with Crippen LogP contribution in [0, 0.1) is 0 Å². The smallest absolute Gasteiger partial charge is 0.312 e. The number of urea groups is 1. The molecule has 7 nitrogen and oxygen atoms in total. The molecule has 2 heterocycles. The van der Waals surface area contributed by atoms with Crippen molar-refractivity contribution in [1.82, 2.24) is 5.32 Å². The van der Waals surface area contributed by atoms with E-state index in [-0.39, 0.29) is 13.0 Å². The van der Waals surface area contributed by atoms with Gasteiger partial charge in [0.25, 0.3) is 0 Å². The number of ether oxygens (including phenoxy) is 3. The Morgan fingerprint density at radius 2 is 2.15 bits per heavy atom. The largest absolute Gasteiger partial charge is 0.486 e. The van der Waals surface area contributed by atoms with Crippen LogP contribution in [0.5, 0.6) is 11.5 Å². The zero-order chi connectivity index (χ0) is 18.5. The third kappa shape index (κ3) is 4.59. The van der Waals surface area contributed by atoms with Gasteiger partial charge in [-0.1, -0.05) is 17.7 Å². The van der Waals surface area contributed by atoms with E-state index in [4.69, 9.17) is 31.5 Å². The Bertz CT molecular complexity index is 797. The standard InChI is InChI=1S/C17H17ClN2O5S/c18-11-6-10(7-13-16(11)24-4-3-23-13)9-25-15(21)8-12(20-17(19)22)14-2-1-5-26-14/h1-2,5-7,12H,3-4,8-9H2,(H3,19,20,22). The number of carbonyl (C=O) groups is 2. The average Bonchev–Trinajstić information content (AvgIpc) is 3.14. The molecule has 26 heavy (non-hydrogen) atoms. The lowest BCUT2D eigenvalue weighted by Gasteiger charge is -2.20. The highest BCUT2D eigenvalue weighted by Crippen LogP contribution is 2.38. The summed E-state index contributed by atoms with van der Waals surface area (Å²) in [5.74, 6) is 0.557. The fraction of sp³-hybridized carbons (Fsp3) is 0.294. The van der Waals surface area contributed by atoms with Crippen molar-refractivity contribution in [3.05, 3.63) is 45.1 Å². The van der Waals surface area contributed by atoms with E-state index in [1.54, 1.807) is 12.1 Å². The normalized spacial score (nSPS) is 13.7. The van der Waals surface area contributed by atoms with Crippen molar-refractivity contribution in [2.75, 3.05) is 13.2 Å². The molecule has 2 aromatic rings. The molecule has 2 amide bonds. The predicted molar refractivity (Wildman–Crippen MR) is 96.6 cm³/mol. The summed E-state index contributed by atoms with van der Waals surface area (Å²) in [4.78, 5) is 24.2. The number of primary amides is 1. The highest BCUT2D eigenvalue weighted by atomic mass is 35.5. The van der Waals surface area contributed by atoms with Gasteiger partial charge in [0.2, 0.25) is 0 Å². The molecule has 0 spiro atoms. The second-order valence-electron chi connectivity index (χ2n) is 5.54. The Hall–Kier alpha value is -2.45. The molecule has 0 bridgehead atoms. The number of hydrogen-bond acceptors (Lipinski definition) is 6. The number of nitrogens with one attached hydrogen (secondary N) is 1. The molecule has 138 valence electrons. The molecule has 0 aliphatic carbocycles. The molecule has 1 aliphatic rings. The van der Waals surface area contributed by atoms with Gasteiger partial charge in [0.05, 0.1) is 17.5 Å². The minimum Gasteiger partial charge on any atom is -0.486 e. The highest BCUT2D eigenvalue weighted by molar-refractivity contribution is 7.10. The maximum Gasteiger partial charge on any atom is 0.312 e. The number of rotatable bonds is 6. The van der Waals surface area contributed by atoms with Gasteiger partial charge in [-0.05, 0) is 29.1 Å². The summed E-state index contributed by atoms with van der Waals surface area (Å²) in [6, 6.07) is 5.82. The molecular weight excluding hydrogens is 380 g/mol. The van der Waals surface area contributed by atoms with Crippen LogP contribution >= 0.6 is 22.9 Å². The third-order valence-corrected chi connectivity index (χ3v) is 4.90. The number of hydrogen-bond donors (Lipinski definition) is 2. The Balaban J connectivity index is 1.61. The molecule has 1 aromatic heterocycles. The van der Waals surface area contributed by atoms with E-state index in [0.29, 0.717) is 35.3 Å². The number of amides is 2. The predicted octanol–water partition coefficient (Wildman–Crippen LogP) is 3.02. The molecular formula is C17H17ClN2O5S. The summed E-state index contributed by atoms with van der Waals surface area (Å²) < 4.78 is 16.3. The molecule has 0 fully saturated rings. The first-order valence-electron chi connectivity index (χ1n) is 7.86. The zero-order valence-corrected chi connectivity index (χ0v) is 15.3. The maximum atomic E-state index is 12.2. The molecule has 1 aliphatic heterocycles. The lowest BCUT2D eigenvalue weighted by molar-refractivity contribution is -0.145. The van der Waals surface area contributed by atoms with Gasteiger partial charge in [-0.15, -0.1) is 11.3 Å². The molecule has 0 saturated carbocycles. The molecule has 1 atom stereocenters. The van der Waals surface area contributed by atoms with E-state index in [1.165, 1.54) is 11.3 Å². The van der Waals surface area contributed by atoms with E-state index < -0.39 is 18.0 Å². The summed E-state index contributed by atoms with van der Waals surface area (Å²) in [7, 11) is 0. The second kappa shape index (κ2) is 8.29. The molecule has 3 N–H and O–H groups in total. The number of esters is 1. The van der Waals surface area contributed by atoms with Crippen LogP contribution < -0.4 is 20.5 Å². The first-order chi connectivity index (χ1) is 12.5. The number of nitrogens with two attached hydrogens (primary N) is 1. The van der Waals surface area contributed by atoms with Gasteiger partial charge in [-0.25, -0.2) is 4.79 Å². The third-order valence-electron chi connectivity index (χ3n) is 3.63. The van der Waals surface area contributed by atoms with Crippen molar-refractivity contribution < 1.29 is 23.8 Å². The molecule has 0 saturated heterocycles. The topological polar surface area (TPSA) is 99.9 Å². The van der Waals surface area contributed by atoms with Crippen LogP contribution in [0.4, 0.5) is 4.79 Å². The van der Waals surface area contributed by atoms with Gasteiger partial charge in [0.15, 0.2) is 11.5 Å². The molecule has 0 radical (unpaired) electrons. The lowest BCUT2D eigenvalue weighted by Crippen LogP contribution is -2.34. The number of halogens is 1. The van der Waals surface area contributed by atoms with Crippen LogP contribution in [-0.2, 0) is 16.1 Å². The minimum atomic E-state index is -0.699. The van der Waals surface area contributed by atoms with Gasteiger partial charge >= 0.3 is 12.0 Å². The molecule has 3 rings (SSSR count). The van der Waals surface area contributed by atoms with Crippen LogP contribution in [0.1, 0.15) is 22.9 Å². The Morgan fingerprint density at radius 3 is 2.88 bits per heavy atom. The van der Waals surface area contributed by atoms with Crippen molar-refractivity contribution in [3.8, 4) is 11.5 Å². The van der Waals surface area contributed by atoms with Crippen molar-refractivity contribution in [2.24, 2.45) is 5.73 Å². The fourth-order valence-electron chi connectivity index (χ4n) is 2.52. The number of carbonyl (C=O) groups excluding carboxylic acids is 2. The van der Waals surface area contributed by atoms with E-state index in [9.17, 15) is 9.59 Å². The monoisotopic (exact) mass is 396 g/mol. The number of fused-ring (bicyclic) bond motifs is 1. The first-order valence-corrected chi connectivity index (χ1v) is 9.11. The summed E-state index contributed by atoms with van der Waals surface area (Å²) in [5, 5.41) is 4.81. The quantitative estimate of drug-likeness (QED) is 0.731. The first kappa shape index (κ1) is 18.3. The number of benzene rings is 1. The van der Waals surface area contributed by atoms with Crippen molar-refractivity contribution in [2.45, 2.75) is 19.1 Å². The van der Waals surface area contributed by atoms with Crippen LogP contribution in [-0.4, -0.2) is 25.2 Å². The van der Waals surface area contributed by atoms with Gasteiger partial charge in [-0.2, -0.15) is 0 Å². The van der Waals surface area contributed by atoms with Crippen LogP contribution in [0.2, 0.25) is 5.02 Å². The van der Waals surface area contributed by atoms with E-state index >= 15 is 0 Å². The molecule has 9 heteroatoms. The van der Waals surface area contributed by atoms with Crippen molar-refractivity contribution >= 4 is 34.9 Å². The van der Waals surface area contributed by atoms with Gasteiger partial charge in [0, 0.05) is 4.88 Å². The van der Waals surface area contributed by atoms with E-state index in [1.807, 2.05) is 17.5 Å². The summed E-state index contributed by atoms with van der Waals surface area (Å²) in [6.45, 7) is 0.912. The molecule has 1 unspecified atom stereocenters. The van der Waals surface area contributed by atoms with Crippen LogP contribution in [0.15, 0.2) is 29.6 Å². The van der Waals surface area contributed by atoms with E-state index in [0.717, 1.165) is 4.88 Å². The van der Waals surface area contributed by atoms with Gasteiger partial charge in [0.1, 0.15) is 19.8 Å². The summed E-state index contributed by atoms with van der Waals surface area (Å²) >= 11 is 7.59. The minimum absolute atomic E-state index is 0.0261. The maximum absolute atomic E-state index is 12.2. The van der Waals surface area contributed by atoms with Crippen molar-refractivity contribution in [1.29, 1.82) is 0 Å². The van der Waals surface area contributed by atoms with Gasteiger partial charge < -0.3 is 25.3 Å². The lowest BCUT2D eigenvalue weighted by atomic mass is 10.1. The summed E-state index contributed by atoms with van der Waals surface area (Å²) in [5.41, 5.74) is 5.87. The number of thiophene rings is 1. The van der Waals surface area contributed by atoms with Gasteiger partial charge in [-0.3, -0.25) is 4.79 Å². The Morgan fingerprint density at radius 1 is 1.35 bits per heavy atom. The zero-order valence-electron chi connectivity index (χ0n) is 13.7. The fourth-order valence-corrected chi connectivity index (χ4v) is 3.59. The second-order valence-corrected chi connectivity index (χ2v) is 6.93. The SMILES string of the molecule is NC(=O)NC(CC(=O)OCc1cc(Cl)c2c(c1)OCCO2)c1cccs1. The molecule has 1 aromatic carbocycles. The Labute approximate surface area is 159 Å². The average molecular weight is 397 g/mol. The van der Waals surface area contributed by atoms with E-state index in [2.05, 4.69) is 5.32 Å². The van der Waals surface area contributed by atoms with Crippen molar-refractivity contribution in [3.63, 3.8) is 0 Å². The van der Waals surface area contributed by atoms with Crippen LogP contribution in [0.3, 0.4) is 0 Å². The summed E-state index contributed by atoms with van der Waals surface area (Å²) in [6.07, 6.45) is -0.0261. The Kier molecular flexibility index (Phi) is 5.85.